The molecule has 0 bridgehead atoms. The van der Waals surface area contributed by atoms with Gasteiger partial charge in [-0.15, -0.1) is 0 Å². The van der Waals surface area contributed by atoms with Crippen LogP contribution in [0.4, 0.5) is 4.39 Å². The Hall–Kier alpha value is -1.41. The number of benzene rings is 1. The number of hydrogen-bond acceptors (Lipinski definition) is 2. The van der Waals surface area contributed by atoms with Gasteiger partial charge in [-0.05, 0) is 40.0 Å². The molecule has 0 radical (unpaired) electrons. The summed E-state index contributed by atoms with van der Waals surface area (Å²) in [5, 5.41) is 8.63. The summed E-state index contributed by atoms with van der Waals surface area (Å²) in [7, 11) is 0. The molecule has 0 aromatic heterocycles. The van der Waals surface area contributed by atoms with Crippen molar-refractivity contribution >= 4 is 21.8 Å². The van der Waals surface area contributed by atoms with Crippen LogP contribution in [0.25, 0.3) is 0 Å². The van der Waals surface area contributed by atoms with E-state index in [9.17, 15) is 9.18 Å². The van der Waals surface area contributed by atoms with Gasteiger partial charge in [0.05, 0.1) is 17.0 Å². The van der Waals surface area contributed by atoms with Crippen LogP contribution in [0.2, 0.25) is 0 Å². The quantitative estimate of drug-likeness (QED) is 0.829. The van der Waals surface area contributed by atoms with E-state index in [1.165, 1.54) is 12.1 Å². The third-order valence-corrected chi connectivity index (χ3v) is 3.18. The van der Waals surface area contributed by atoms with E-state index in [0.29, 0.717) is 29.0 Å². The van der Waals surface area contributed by atoms with Gasteiger partial charge in [0.15, 0.2) is 0 Å². The van der Waals surface area contributed by atoms with Crippen molar-refractivity contribution in [3.8, 4) is 6.07 Å². The molecule has 1 amide bonds. The van der Waals surface area contributed by atoms with Crippen LogP contribution in [0.1, 0.15) is 30.6 Å². The van der Waals surface area contributed by atoms with Crippen LogP contribution in [-0.4, -0.2) is 23.9 Å². The van der Waals surface area contributed by atoms with Crippen molar-refractivity contribution < 1.29 is 9.18 Å². The number of halogens is 2. The Morgan fingerprint density at radius 1 is 1.53 bits per heavy atom. The first kappa shape index (κ1) is 15.6. The Bertz CT molecular complexity index is 497. The van der Waals surface area contributed by atoms with Gasteiger partial charge in [-0.25, -0.2) is 4.39 Å². The number of rotatable bonds is 5. The van der Waals surface area contributed by atoms with Gasteiger partial charge >= 0.3 is 0 Å². The monoisotopic (exact) mass is 326 g/mol. The molecule has 0 heterocycles. The molecule has 1 aromatic rings. The summed E-state index contributed by atoms with van der Waals surface area (Å²) >= 11 is 3.05. The Labute approximate surface area is 121 Å². The fourth-order valence-corrected chi connectivity index (χ4v) is 1.96. The van der Waals surface area contributed by atoms with Gasteiger partial charge in [-0.2, -0.15) is 5.26 Å². The summed E-state index contributed by atoms with van der Waals surface area (Å²) in [6.07, 6.45) is 0.275. The van der Waals surface area contributed by atoms with Gasteiger partial charge in [0, 0.05) is 18.7 Å². The minimum atomic E-state index is -0.462. The molecule has 102 valence electrons. The fourth-order valence-electron chi connectivity index (χ4n) is 1.71. The molecule has 1 aromatic carbocycles. The first-order valence-corrected chi connectivity index (χ1v) is 6.86. The predicted molar refractivity (Wildman–Crippen MR) is 75.1 cm³/mol. The molecular weight excluding hydrogens is 311 g/mol. The summed E-state index contributed by atoms with van der Waals surface area (Å²) in [4.78, 5) is 13.9. The summed E-state index contributed by atoms with van der Waals surface area (Å²) in [5.41, 5.74) is 0.305. The third-order valence-electron chi connectivity index (χ3n) is 2.53. The highest BCUT2D eigenvalue weighted by Gasteiger charge is 2.17. The maximum Gasteiger partial charge on any atom is 0.253 e. The van der Waals surface area contributed by atoms with E-state index in [0.717, 1.165) is 0 Å². The molecule has 0 saturated carbocycles. The maximum absolute atomic E-state index is 13.4. The topological polar surface area (TPSA) is 44.1 Å². The summed E-state index contributed by atoms with van der Waals surface area (Å²) in [6.45, 7) is 4.91. The highest BCUT2D eigenvalue weighted by atomic mass is 79.9. The Balaban J connectivity index is 2.91. The van der Waals surface area contributed by atoms with E-state index in [2.05, 4.69) is 15.9 Å². The Morgan fingerprint density at radius 2 is 2.21 bits per heavy atom. The molecule has 0 fully saturated rings. The smallest absolute Gasteiger partial charge is 0.253 e. The number of carbonyl (C=O) groups excluding carboxylic acids is 1. The molecule has 5 heteroatoms. The molecule has 0 N–H and O–H groups in total. The van der Waals surface area contributed by atoms with E-state index >= 15 is 0 Å². The van der Waals surface area contributed by atoms with Gasteiger partial charge in [0.1, 0.15) is 5.82 Å². The van der Waals surface area contributed by atoms with Crippen molar-refractivity contribution in [2.45, 2.75) is 20.3 Å². The summed E-state index contributed by atoms with van der Waals surface area (Å²) in [6, 6.07) is 6.33. The first-order chi connectivity index (χ1) is 8.95. The maximum atomic E-state index is 13.4. The number of carbonyl (C=O) groups is 1. The normalized spacial score (nSPS) is 10.3. The molecule has 0 atom stereocenters. The number of amides is 1. The van der Waals surface area contributed by atoms with E-state index in [4.69, 9.17) is 5.26 Å². The van der Waals surface area contributed by atoms with Gasteiger partial charge in [-0.3, -0.25) is 4.79 Å². The second-order valence-corrected chi connectivity index (χ2v) is 5.54. The summed E-state index contributed by atoms with van der Waals surface area (Å²) in [5.74, 6) is -0.408. The zero-order valence-corrected chi connectivity index (χ0v) is 12.6. The second-order valence-electron chi connectivity index (χ2n) is 4.68. The lowest BCUT2D eigenvalue weighted by Gasteiger charge is -2.23. The molecule has 19 heavy (non-hydrogen) atoms. The predicted octanol–water partition coefficient (Wildman–Crippen LogP) is 3.60. The zero-order valence-electron chi connectivity index (χ0n) is 11.0. The lowest BCUT2D eigenvalue weighted by atomic mass is 10.1. The molecule has 0 aliphatic rings. The largest absolute Gasteiger partial charge is 0.337 e. The second kappa shape index (κ2) is 7.25. The van der Waals surface area contributed by atoms with Crippen LogP contribution in [0.15, 0.2) is 22.7 Å². The molecular formula is C14H16BrFN2O. The molecule has 0 saturated heterocycles. The van der Waals surface area contributed by atoms with Crippen molar-refractivity contribution in [1.29, 1.82) is 5.26 Å². The summed E-state index contributed by atoms with van der Waals surface area (Å²) < 4.78 is 13.8. The lowest BCUT2D eigenvalue weighted by molar-refractivity contribution is 0.0739. The van der Waals surface area contributed by atoms with Crippen molar-refractivity contribution in [3.63, 3.8) is 0 Å². The van der Waals surface area contributed by atoms with Crippen molar-refractivity contribution in [1.82, 2.24) is 4.90 Å². The average molecular weight is 327 g/mol. The molecule has 0 aliphatic carbocycles. The van der Waals surface area contributed by atoms with Crippen molar-refractivity contribution in [2.24, 2.45) is 5.92 Å². The van der Waals surface area contributed by atoms with Crippen LogP contribution >= 0.6 is 15.9 Å². The zero-order chi connectivity index (χ0) is 14.4. The minimum absolute atomic E-state index is 0.240. The van der Waals surface area contributed by atoms with E-state index in [1.54, 1.807) is 11.0 Å². The lowest BCUT2D eigenvalue weighted by Crippen LogP contribution is -2.35. The van der Waals surface area contributed by atoms with Crippen LogP contribution < -0.4 is 0 Å². The molecule has 1 rings (SSSR count). The van der Waals surface area contributed by atoms with Crippen molar-refractivity contribution in [2.75, 3.05) is 13.1 Å². The Morgan fingerprint density at radius 3 is 2.74 bits per heavy atom. The van der Waals surface area contributed by atoms with Crippen molar-refractivity contribution in [3.05, 3.63) is 34.1 Å². The highest BCUT2D eigenvalue weighted by molar-refractivity contribution is 9.10. The number of nitrogens with zero attached hydrogens (tertiary/aromatic N) is 2. The van der Waals surface area contributed by atoms with E-state index in [-0.39, 0.29) is 12.3 Å². The van der Waals surface area contributed by atoms with Gasteiger partial charge in [0.2, 0.25) is 0 Å². The average Bonchev–Trinajstić information content (AvgIpc) is 2.36. The highest BCUT2D eigenvalue weighted by Crippen LogP contribution is 2.18. The van der Waals surface area contributed by atoms with Crippen LogP contribution in [0, 0.1) is 23.1 Å². The number of nitriles is 1. The first-order valence-electron chi connectivity index (χ1n) is 6.07. The third kappa shape index (κ3) is 4.64. The standard InChI is InChI=1S/C14H16BrFN2O/c1-10(2)9-18(7-3-6-17)14(19)11-4-5-12(15)13(16)8-11/h4-5,8,10H,3,7,9H2,1-2H3. The van der Waals surface area contributed by atoms with Gasteiger partial charge in [0.25, 0.3) is 5.91 Å². The van der Waals surface area contributed by atoms with Crippen LogP contribution in [-0.2, 0) is 0 Å². The molecule has 3 nitrogen and oxygen atoms in total. The minimum Gasteiger partial charge on any atom is -0.337 e. The van der Waals surface area contributed by atoms with Gasteiger partial charge < -0.3 is 4.90 Å². The van der Waals surface area contributed by atoms with Crippen LogP contribution in [0.5, 0.6) is 0 Å². The number of hydrogen-bond donors (Lipinski definition) is 0. The Kier molecular flexibility index (Phi) is 5.97. The molecule has 0 unspecified atom stereocenters. The molecule has 0 spiro atoms. The van der Waals surface area contributed by atoms with Crippen LogP contribution in [0.3, 0.4) is 0 Å². The molecule has 0 aliphatic heterocycles. The fraction of sp³-hybridized carbons (Fsp3) is 0.429. The van der Waals surface area contributed by atoms with Gasteiger partial charge in [-0.1, -0.05) is 13.8 Å². The van der Waals surface area contributed by atoms with E-state index in [1.807, 2.05) is 19.9 Å². The van der Waals surface area contributed by atoms with E-state index < -0.39 is 5.82 Å². The SMILES string of the molecule is CC(C)CN(CCC#N)C(=O)c1ccc(Br)c(F)c1.